The van der Waals surface area contributed by atoms with E-state index in [0.717, 1.165) is 18.6 Å². The van der Waals surface area contributed by atoms with Gasteiger partial charge in [0.25, 0.3) is 5.91 Å². The Morgan fingerprint density at radius 1 is 1.21 bits per heavy atom. The Bertz CT molecular complexity index is 697. The van der Waals surface area contributed by atoms with Crippen LogP contribution in [0.3, 0.4) is 0 Å². The van der Waals surface area contributed by atoms with Crippen LogP contribution in [-0.2, 0) is 4.74 Å². The Kier molecular flexibility index (Phi) is 4.08. The molecule has 2 aromatic heterocycles. The van der Waals surface area contributed by atoms with Crippen molar-refractivity contribution in [1.82, 2.24) is 20.1 Å². The van der Waals surface area contributed by atoms with E-state index in [1.165, 1.54) is 12.4 Å². The largest absolute Gasteiger partial charge is 0.486 e. The zero-order valence-electron chi connectivity index (χ0n) is 13.1. The van der Waals surface area contributed by atoms with Gasteiger partial charge in [-0.1, -0.05) is 0 Å². The van der Waals surface area contributed by atoms with Crippen LogP contribution in [0.2, 0.25) is 0 Å². The van der Waals surface area contributed by atoms with Crippen LogP contribution in [0, 0.1) is 0 Å². The second-order valence-corrected chi connectivity index (χ2v) is 5.95. The minimum atomic E-state index is -0.113. The molecular weight excluding hydrogens is 308 g/mol. The number of amides is 1. The average Bonchev–Trinajstić information content (AvgIpc) is 3.06. The third kappa shape index (κ3) is 2.82. The number of nitrogens with zero attached hydrogens (tertiary/aromatic N) is 4. The molecule has 1 saturated heterocycles. The van der Waals surface area contributed by atoms with Gasteiger partial charge in [-0.25, -0.2) is 0 Å². The molecule has 7 nitrogen and oxygen atoms in total. The number of aromatic nitrogens is 3. The molecule has 24 heavy (non-hydrogen) atoms. The number of pyridine rings is 1. The first-order valence-corrected chi connectivity index (χ1v) is 8.09. The zero-order valence-corrected chi connectivity index (χ0v) is 13.1. The normalized spacial score (nSPS) is 26.0. The first-order valence-electron chi connectivity index (χ1n) is 8.09. The molecule has 4 rings (SSSR count). The third-order valence-corrected chi connectivity index (χ3v) is 4.55. The van der Waals surface area contributed by atoms with E-state index in [1.807, 2.05) is 17.0 Å². The van der Waals surface area contributed by atoms with Crippen molar-refractivity contribution in [3.63, 3.8) is 0 Å². The highest BCUT2D eigenvalue weighted by atomic mass is 16.5. The number of morpholine rings is 1. The van der Waals surface area contributed by atoms with E-state index in [9.17, 15) is 4.79 Å². The predicted molar refractivity (Wildman–Crippen MR) is 84.5 cm³/mol. The van der Waals surface area contributed by atoms with Crippen molar-refractivity contribution >= 4 is 5.91 Å². The molecule has 0 N–H and O–H groups in total. The number of hydrogen-bond acceptors (Lipinski definition) is 6. The summed E-state index contributed by atoms with van der Waals surface area (Å²) in [5.74, 6) is 0.707. The van der Waals surface area contributed by atoms with Gasteiger partial charge in [0.1, 0.15) is 18.0 Å². The maximum Gasteiger partial charge on any atom is 0.255 e. The molecule has 2 aromatic rings. The third-order valence-electron chi connectivity index (χ3n) is 4.55. The summed E-state index contributed by atoms with van der Waals surface area (Å²) in [4.78, 5) is 18.7. The van der Waals surface area contributed by atoms with Gasteiger partial charge in [0.15, 0.2) is 0 Å². The summed E-state index contributed by atoms with van der Waals surface area (Å²) < 4.78 is 12.0. The molecule has 1 aliphatic carbocycles. The molecule has 0 radical (unpaired) electrons. The molecule has 0 aromatic carbocycles. The predicted octanol–water partition coefficient (Wildman–Crippen LogP) is 1.32. The Labute approximate surface area is 139 Å². The second kappa shape index (κ2) is 6.52. The van der Waals surface area contributed by atoms with Gasteiger partial charge >= 0.3 is 0 Å². The molecule has 1 saturated carbocycles. The van der Waals surface area contributed by atoms with Gasteiger partial charge < -0.3 is 14.4 Å². The summed E-state index contributed by atoms with van der Waals surface area (Å²) >= 11 is 0. The number of hydrogen-bond donors (Lipinski definition) is 0. The van der Waals surface area contributed by atoms with Crippen LogP contribution in [0.15, 0.2) is 43.0 Å². The van der Waals surface area contributed by atoms with Crippen molar-refractivity contribution in [3.8, 4) is 5.75 Å². The second-order valence-electron chi connectivity index (χ2n) is 5.95. The quantitative estimate of drug-likeness (QED) is 0.847. The molecule has 7 heteroatoms. The van der Waals surface area contributed by atoms with E-state index in [4.69, 9.17) is 9.47 Å². The molecule has 2 aliphatic rings. The summed E-state index contributed by atoms with van der Waals surface area (Å²) in [6, 6.07) is 5.45. The van der Waals surface area contributed by atoms with E-state index in [2.05, 4.69) is 15.2 Å². The lowest BCUT2D eigenvalue weighted by atomic mass is 10.1. The fourth-order valence-electron chi connectivity index (χ4n) is 3.47. The maximum absolute atomic E-state index is 12.8. The molecule has 1 amide bonds. The van der Waals surface area contributed by atoms with Gasteiger partial charge in [-0.2, -0.15) is 10.2 Å². The number of carbonyl (C=O) groups excluding carboxylic acids is 1. The molecule has 0 unspecified atom stereocenters. The van der Waals surface area contributed by atoms with E-state index in [1.54, 1.807) is 18.5 Å². The Hall–Kier alpha value is -2.54. The summed E-state index contributed by atoms with van der Waals surface area (Å²) in [6.07, 6.45) is 7.98. The topological polar surface area (TPSA) is 77.4 Å². The van der Waals surface area contributed by atoms with Crippen LogP contribution < -0.4 is 4.74 Å². The summed E-state index contributed by atoms with van der Waals surface area (Å²) in [5, 5.41) is 7.52. The lowest BCUT2D eigenvalue weighted by Crippen LogP contribution is -2.54. The van der Waals surface area contributed by atoms with Gasteiger partial charge in [-0.3, -0.25) is 9.78 Å². The number of rotatable bonds is 3. The van der Waals surface area contributed by atoms with Crippen molar-refractivity contribution in [2.75, 3.05) is 13.2 Å². The maximum atomic E-state index is 12.8. The SMILES string of the molecule is O=C(c1ccnnc1)N1CCO[C@H]2[C@H](Oc3cccnc3)CC[C@@H]21. The number of ether oxygens (including phenoxy) is 2. The smallest absolute Gasteiger partial charge is 0.255 e. The highest BCUT2D eigenvalue weighted by Gasteiger charge is 2.45. The van der Waals surface area contributed by atoms with Gasteiger partial charge in [-0.05, 0) is 31.0 Å². The first kappa shape index (κ1) is 15.0. The van der Waals surface area contributed by atoms with Gasteiger partial charge in [0.05, 0.1) is 36.8 Å². The Morgan fingerprint density at radius 3 is 2.96 bits per heavy atom. The van der Waals surface area contributed by atoms with Gasteiger partial charge in [0.2, 0.25) is 0 Å². The number of fused-ring (bicyclic) bond motifs is 1. The van der Waals surface area contributed by atoms with Crippen molar-refractivity contribution in [1.29, 1.82) is 0 Å². The van der Waals surface area contributed by atoms with Gasteiger partial charge in [0, 0.05) is 12.7 Å². The summed E-state index contributed by atoms with van der Waals surface area (Å²) in [6.45, 7) is 1.10. The highest BCUT2D eigenvalue weighted by Crippen LogP contribution is 2.33. The zero-order chi connectivity index (χ0) is 16.4. The van der Waals surface area contributed by atoms with Crippen molar-refractivity contribution < 1.29 is 14.3 Å². The minimum Gasteiger partial charge on any atom is -0.486 e. The molecule has 1 aliphatic heterocycles. The van der Waals surface area contributed by atoms with Crippen LogP contribution in [0.1, 0.15) is 23.2 Å². The van der Waals surface area contributed by atoms with E-state index >= 15 is 0 Å². The van der Waals surface area contributed by atoms with E-state index in [0.29, 0.717) is 18.7 Å². The van der Waals surface area contributed by atoms with Crippen LogP contribution >= 0.6 is 0 Å². The summed E-state index contributed by atoms with van der Waals surface area (Å²) in [7, 11) is 0. The molecule has 3 heterocycles. The van der Waals surface area contributed by atoms with E-state index in [-0.39, 0.29) is 24.2 Å². The lowest BCUT2D eigenvalue weighted by molar-refractivity contribution is -0.0786. The van der Waals surface area contributed by atoms with Crippen LogP contribution in [0.25, 0.3) is 0 Å². The van der Waals surface area contributed by atoms with E-state index < -0.39 is 0 Å². The van der Waals surface area contributed by atoms with Crippen molar-refractivity contribution in [3.05, 3.63) is 48.5 Å². The highest BCUT2D eigenvalue weighted by molar-refractivity contribution is 5.94. The van der Waals surface area contributed by atoms with Crippen LogP contribution in [-0.4, -0.2) is 57.4 Å². The molecule has 2 fully saturated rings. The Balaban J connectivity index is 1.49. The monoisotopic (exact) mass is 326 g/mol. The molecule has 3 atom stereocenters. The van der Waals surface area contributed by atoms with Crippen LogP contribution in [0.4, 0.5) is 0 Å². The average molecular weight is 326 g/mol. The minimum absolute atomic E-state index is 0.0229. The standard InChI is InChI=1S/C17H18N4O3/c22-17(12-5-7-19-20-10-12)21-8-9-23-16-14(21)3-4-15(16)24-13-2-1-6-18-11-13/h1-2,5-7,10-11,14-16H,3-4,8-9H2/t14-,15+,16+/m0/s1. The fourth-order valence-corrected chi connectivity index (χ4v) is 3.47. The van der Waals surface area contributed by atoms with Crippen molar-refractivity contribution in [2.24, 2.45) is 0 Å². The van der Waals surface area contributed by atoms with Crippen molar-refractivity contribution in [2.45, 2.75) is 31.1 Å². The molecule has 0 bridgehead atoms. The molecule has 124 valence electrons. The summed E-state index contributed by atoms with van der Waals surface area (Å²) in [5.41, 5.74) is 0.558. The Morgan fingerprint density at radius 2 is 2.17 bits per heavy atom. The molecular formula is C17H18N4O3. The number of carbonyl (C=O) groups is 1. The molecule has 0 spiro atoms. The van der Waals surface area contributed by atoms with Crippen LogP contribution in [0.5, 0.6) is 5.75 Å². The lowest BCUT2D eigenvalue weighted by Gasteiger charge is -2.39. The van der Waals surface area contributed by atoms with Gasteiger partial charge in [-0.15, -0.1) is 0 Å². The fraction of sp³-hybridized carbons (Fsp3) is 0.412. The first-order chi connectivity index (χ1) is 11.8.